The molecule has 0 radical (unpaired) electrons. The third kappa shape index (κ3) is 2.41. The van der Waals surface area contributed by atoms with Crippen LogP contribution >= 0.6 is 15.9 Å². The number of imidazole rings is 1. The molecule has 0 amide bonds. The molecule has 1 aromatic carbocycles. The number of nitrogens with one attached hydrogen (secondary N) is 1. The van der Waals surface area contributed by atoms with Crippen molar-refractivity contribution >= 4 is 21.6 Å². The van der Waals surface area contributed by atoms with Crippen molar-refractivity contribution in [3.63, 3.8) is 0 Å². The molecule has 1 aromatic heterocycles. The minimum atomic E-state index is -0.240. The molecule has 1 aliphatic rings. The van der Waals surface area contributed by atoms with Gasteiger partial charge in [-0.25, -0.2) is 9.37 Å². The number of halogens is 2. The van der Waals surface area contributed by atoms with Crippen molar-refractivity contribution in [2.75, 3.05) is 5.32 Å². The van der Waals surface area contributed by atoms with Crippen LogP contribution in [0.4, 0.5) is 10.1 Å². The van der Waals surface area contributed by atoms with Crippen molar-refractivity contribution < 1.29 is 4.39 Å². The van der Waals surface area contributed by atoms with Crippen molar-refractivity contribution in [3.05, 3.63) is 46.7 Å². The van der Waals surface area contributed by atoms with Gasteiger partial charge in [0.15, 0.2) is 0 Å². The summed E-state index contributed by atoms with van der Waals surface area (Å²) in [7, 11) is 0. The highest BCUT2D eigenvalue weighted by Gasteiger charge is 2.24. The van der Waals surface area contributed by atoms with Gasteiger partial charge in [0.25, 0.3) is 0 Å². The van der Waals surface area contributed by atoms with Crippen LogP contribution in [0.5, 0.6) is 0 Å². The lowest BCUT2D eigenvalue weighted by Gasteiger charge is -2.10. The maximum atomic E-state index is 13.0. The van der Waals surface area contributed by atoms with E-state index >= 15 is 0 Å². The van der Waals surface area contributed by atoms with Crippen molar-refractivity contribution in [1.29, 1.82) is 0 Å². The van der Waals surface area contributed by atoms with Crippen LogP contribution in [-0.2, 0) is 6.54 Å². The molecule has 1 aliphatic carbocycles. The smallest absolute Gasteiger partial charge is 0.124 e. The van der Waals surface area contributed by atoms with Gasteiger partial charge in [0.1, 0.15) is 5.82 Å². The van der Waals surface area contributed by atoms with Crippen LogP contribution in [0, 0.1) is 5.82 Å². The van der Waals surface area contributed by atoms with Gasteiger partial charge in [0, 0.05) is 22.4 Å². The van der Waals surface area contributed by atoms with Crippen LogP contribution in [0.1, 0.15) is 24.6 Å². The molecule has 0 bridgehead atoms. The van der Waals surface area contributed by atoms with Gasteiger partial charge in [-0.05, 0) is 47.0 Å². The van der Waals surface area contributed by atoms with Crippen molar-refractivity contribution in [1.82, 2.24) is 9.55 Å². The predicted molar refractivity (Wildman–Crippen MR) is 71.9 cm³/mol. The van der Waals surface area contributed by atoms with E-state index in [2.05, 4.69) is 30.8 Å². The Balaban J connectivity index is 1.71. The first-order valence-electron chi connectivity index (χ1n) is 5.93. The van der Waals surface area contributed by atoms with E-state index in [0.717, 1.165) is 15.9 Å². The molecule has 1 saturated carbocycles. The van der Waals surface area contributed by atoms with E-state index in [1.807, 2.05) is 12.5 Å². The van der Waals surface area contributed by atoms with Crippen LogP contribution in [0.2, 0.25) is 0 Å². The first kappa shape index (κ1) is 11.7. The molecule has 18 heavy (non-hydrogen) atoms. The molecule has 1 N–H and O–H groups in total. The summed E-state index contributed by atoms with van der Waals surface area (Å²) in [5, 5.41) is 3.29. The highest BCUT2D eigenvalue weighted by molar-refractivity contribution is 9.10. The highest BCUT2D eigenvalue weighted by atomic mass is 79.9. The monoisotopic (exact) mass is 309 g/mol. The van der Waals surface area contributed by atoms with E-state index in [1.54, 1.807) is 6.07 Å². The fourth-order valence-electron chi connectivity index (χ4n) is 1.97. The maximum Gasteiger partial charge on any atom is 0.124 e. The quantitative estimate of drug-likeness (QED) is 0.932. The molecular formula is C13H13BrFN3. The Labute approximate surface area is 113 Å². The minimum absolute atomic E-state index is 0.240. The molecule has 3 rings (SSSR count). The normalized spacial score (nSPS) is 14.8. The number of hydrogen-bond donors (Lipinski definition) is 1. The van der Waals surface area contributed by atoms with Crippen LogP contribution in [0.3, 0.4) is 0 Å². The van der Waals surface area contributed by atoms with E-state index < -0.39 is 0 Å². The van der Waals surface area contributed by atoms with Gasteiger partial charge in [0.05, 0.1) is 18.6 Å². The van der Waals surface area contributed by atoms with E-state index in [4.69, 9.17) is 0 Å². The lowest BCUT2D eigenvalue weighted by atomic mass is 10.3. The number of rotatable bonds is 4. The van der Waals surface area contributed by atoms with E-state index in [1.165, 1.54) is 25.0 Å². The summed E-state index contributed by atoms with van der Waals surface area (Å²) in [6, 6.07) is 5.27. The number of hydrogen-bond acceptors (Lipinski definition) is 2. The lowest BCUT2D eigenvalue weighted by Crippen LogP contribution is -2.06. The Morgan fingerprint density at radius 3 is 3.00 bits per heavy atom. The van der Waals surface area contributed by atoms with Gasteiger partial charge in [-0.3, -0.25) is 0 Å². The van der Waals surface area contributed by atoms with Gasteiger partial charge in [0.2, 0.25) is 0 Å². The lowest BCUT2D eigenvalue weighted by molar-refractivity contribution is 0.627. The summed E-state index contributed by atoms with van der Waals surface area (Å²) >= 11 is 3.35. The third-order valence-electron chi connectivity index (χ3n) is 3.08. The van der Waals surface area contributed by atoms with Crippen molar-refractivity contribution in [2.45, 2.75) is 25.4 Å². The first-order valence-corrected chi connectivity index (χ1v) is 6.73. The molecule has 2 aromatic rings. The standard InChI is InChI=1S/C13H13BrFN3/c14-12-5-9(15)1-4-13(12)17-7-11-6-16-8-18(11)10-2-3-10/h1,4-6,8,10,17H,2-3,7H2. The second-order valence-electron chi connectivity index (χ2n) is 4.50. The number of aromatic nitrogens is 2. The molecule has 0 atom stereocenters. The molecule has 0 spiro atoms. The average Bonchev–Trinajstić information content (AvgIpc) is 3.08. The van der Waals surface area contributed by atoms with Crippen molar-refractivity contribution in [2.24, 2.45) is 0 Å². The SMILES string of the molecule is Fc1ccc(NCc2cncn2C2CC2)c(Br)c1. The van der Waals surface area contributed by atoms with Crippen molar-refractivity contribution in [3.8, 4) is 0 Å². The molecule has 0 aliphatic heterocycles. The van der Waals surface area contributed by atoms with E-state index in [-0.39, 0.29) is 5.82 Å². The molecule has 0 unspecified atom stereocenters. The Kier molecular flexibility index (Phi) is 3.07. The maximum absolute atomic E-state index is 13.0. The summed E-state index contributed by atoms with van der Waals surface area (Å²) in [4.78, 5) is 4.18. The molecule has 3 nitrogen and oxygen atoms in total. The zero-order valence-corrected chi connectivity index (χ0v) is 11.3. The Hall–Kier alpha value is -1.36. The van der Waals surface area contributed by atoms with E-state index in [0.29, 0.717) is 12.6 Å². The zero-order valence-electron chi connectivity index (χ0n) is 9.74. The first-order chi connectivity index (χ1) is 8.74. The second-order valence-corrected chi connectivity index (χ2v) is 5.36. The topological polar surface area (TPSA) is 29.9 Å². The fraction of sp³-hybridized carbons (Fsp3) is 0.308. The van der Waals surface area contributed by atoms with Gasteiger partial charge in [-0.1, -0.05) is 0 Å². The molecule has 1 fully saturated rings. The van der Waals surface area contributed by atoms with Crippen LogP contribution in [-0.4, -0.2) is 9.55 Å². The minimum Gasteiger partial charge on any atom is -0.378 e. The number of benzene rings is 1. The largest absolute Gasteiger partial charge is 0.378 e. The van der Waals surface area contributed by atoms with Crippen LogP contribution < -0.4 is 5.32 Å². The van der Waals surface area contributed by atoms with Gasteiger partial charge >= 0.3 is 0 Å². The Morgan fingerprint density at radius 2 is 2.28 bits per heavy atom. The second kappa shape index (κ2) is 4.72. The summed E-state index contributed by atoms with van der Waals surface area (Å²) in [5.74, 6) is -0.240. The summed E-state index contributed by atoms with van der Waals surface area (Å²) in [6.45, 7) is 0.695. The molecule has 5 heteroatoms. The molecule has 1 heterocycles. The van der Waals surface area contributed by atoms with Gasteiger partial charge < -0.3 is 9.88 Å². The molecule has 94 valence electrons. The molecule has 0 saturated heterocycles. The van der Waals surface area contributed by atoms with Crippen LogP contribution in [0.25, 0.3) is 0 Å². The Morgan fingerprint density at radius 1 is 1.44 bits per heavy atom. The fourth-order valence-corrected chi connectivity index (χ4v) is 2.46. The predicted octanol–water partition coefficient (Wildman–Crippen LogP) is 3.73. The summed E-state index contributed by atoms with van der Waals surface area (Å²) in [6.07, 6.45) is 6.24. The summed E-state index contributed by atoms with van der Waals surface area (Å²) in [5.41, 5.74) is 2.05. The number of anilines is 1. The van der Waals surface area contributed by atoms with Crippen LogP contribution in [0.15, 0.2) is 35.2 Å². The Bertz CT molecular complexity index is 563. The third-order valence-corrected chi connectivity index (χ3v) is 3.73. The van der Waals surface area contributed by atoms with Gasteiger partial charge in [-0.15, -0.1) is 0 Å². The molecular weight excluding hydrogens is 297 g/mol. The average molecular weight is 310 g/mol. The number of nitrogens with zero attached hydrogens (tertiary/aromatic N) is 2. The summed E-state index contributed by atoms with van der Waals surface area (Å²) < 4.78 is 15.9. The highest BCUT2D eigenvalue weighted by Crippen LogP contribution is 2.35. The van der Waals surface area contributed by atoms with E-state index in [9.17, 15) is 4.39 Å². The van der Waals surface area contributed by atoms with Gasteiger partial charge in [-0.2, -0.15) is 0 Å². The zero-order chi connectivity index (χ0) is 12.5.